The minimum absolute atomic E-state index is 0.192. The molecule has 1 amide bonds. The number of aromatic carboxylic acids is 1. The van der Waals surface area contributed by atoms with E-state index in [1.165, 1.54) is 13.2 Å². The second-order valence-electron chi connectivity index (χ2n) is 5.44. The zero-order chi connectivity index (χ0) is 18.8. The van der Waals surface area contributed by atoms with E-state index in [4.69, 9.17) is 9.47 Å². The second kappa shape index (κ2) is 9.88. The lowest BCUT2D eigenvalue weighted by Crippen LogP contribution is -2.24. The van der Waals surface area contributed by atoms with Crippen molar-refractivity contribution < 1.29 is 24.2 Å². The monoisotopic (exact) mass is 355 g/mol. The number of hydrogen-bond acceptors (Lipinski definition) is 4. The first-order valence-electron chi connectivity index (χ1n) is 8.12. The Hall–Kier alpha value is -3.28. The van der Waals surface area contributed by atoms with Gasteiger partial charge in [-0.05, 0) is 35.7 Å². The molecule has 0 fully saturated rings. The largest absolute Gasteiger partial charge is 0.497 e. The highest BCUT2D eigenvalue weighted by Gasteiger charge is 2.08. The maximum absolute atomic E-state index is 11.6. The van der Waals surface area contributed by atoms with Crippen LogP contribution in [0.2, 0.25) is 0 Å². The highest BCUT2D eigenvalue weighted by Crippen LogP contribution is 2.19. The molecule has 0 spiro atoms. The molecule has 136 valence electrons. The average Bonchev–Trinajstić information content (AvgIpc) is 2.66. The third-order valence-corrected chi connectivity index (χ3v) is 3.58. The van der Waals surface area contributed by atoms with Gasteiger partial charge in [0, 0.05) is 6.54 Å². The molecule has 0 bridgehead atoms. The van der Waals surface area contributed by atoms with Crippen LogP contribution in [0.1, 0.15) is 27.9 Å². The fraction of sp³-hybridized carbons (Fsp3) is 0.200. The Morgan fingerprint density at radius 1 is 1.15 bits per heavy atom. The number of hydrogen-bond donors (Lipinski definition) is 2. The topological polar surface area (TPSA) is 84.9 Å². The Morgan fingerprint density at radius 2 is 1.92 bits per heavy atom. The van der Waals surface area contributed by atoms with Crippen molar-refractivity contribution in [2.24, 2.45) is 0 Å². The van der Waals surface area contributed by atoms with Crippen LogP contribution in [0.4, 0.5) is 4.79 Å². The smallest absolute Gasteiger partial charge is 0.407 e. The van der Waals surface area contributed by atoms with Crippen LogP contribution >= 0.6 is 0 Å². The van der Waals surface area contributed by atoms with Crippen LogP contribution in [0.3, 0.4) is 0 Å². The highest BCUT2D eigenvalue weighted by molar-refractivity contribution is 5.92. The van der Waals surface area contributed by atoms with Crippen LogP contribution in [0, 0.1) is 0 Å². The lowest BCUT2D eigenvalue weighted by molar-refractivity contribution is 0.0696. The fourth-order valence-electron chi connectivity index (χ4n) is 2.24. The molecule has 2 aromatic carbocycles. The molecule has 0 aliphatic rings. The summed E-state index contributed by atoms with van der Waals surface area (Å²) in [5.74, 6) is -0.424. The van der Waals surface area contributed by atoms with Gasteiger partial charge in [0.25, 0.3) is 0 Å². The highest BCUT2D eigenvalue weighted by atomic mass is 16.5. The zero-order valence-electron chi connectivity index (χ0n) is 14.5. The molecular weight excluding hydrogens is 334 g/mol. The van der Waals surface area contributed by atoms with Crippen LogP contribution in [0.5, 0.6) is 5.75 Å². The van der Waals surface area contributed by atoms with Gasteiger partial charge in [0.05, 0.1) is 12.7 Å². The molecule has 6 heteroatoms. The van der Waals surface area contributed by atoms with E-state index in [0.29, 0.717) is 24.3 Å². The molecule has 2 rings (SSSR count). The molecule has 0 aromatic heterocycles. The number of amides is 1. The quantitative estimate of drug-likeness (QED) is 0.705. The first-order chi connectivity index (χ1) is 12.6. The van der Waals surface area contributed by atoms with Crippen molar-refractivity contribution in [1.29, 1.82) is 0 Å². The van der Waals surface area contributed by atoms with Crippen molar-refractivity contribution >= 4 is 18.1 Å². The fourth-order valence-corrected chi connectivity index (χ4v) is 2.24. The third kappa shape index (κ3) is 5.98. The molecule has 0 saturated heterocycles. The third-order valence-electron chi connectivity index (χ3n) is 3.58. The van der Waals surface area contributed by atoms with Crippen LogP contribution in [-0.4, -0.2) is 30.8 Å². The van der Waals surface area contributed by atoms with Gasteiger partial charge in [0.2, 0.25) is 0 Å². The second-order valence-corrected chi connectivity index (χ2v) is 5.44. The number of benzene rings is 2. The first-order valence-corrected chi connectivity index (χ1v) is 8.12. The Bertz CT molecular complexity index is 771. The number of alkyl carbamates (subject to hydrolysis) is 1. The number of carboxylic acid groups (broad SMARTS) is 1. The molecule has 0 aliphatic heterocycles. The minimum atomic E-state index is -1.00. The standard InChI is InChI=1S/C20H21NO5/c1-25-17-10-11-18(19(22)23)16(13-17)9-5-6-12-21-20(24)26-14-15-7-3-2-4-8-15/h2-5,7-11,13H,6,12,14H2,1H3,(H,21,24)(H,22,23). The normalized spacial score (nSPS) is 10.5. The van der Waals surface area contributed by atoms with Gasteiger partial charge >= 0.3 is 12.1 Å². The molecule has 2 aromatic rings. The van der Waals surface area contributed by atoms with E-state index in [9.17, 15) is 14.7 Å². The molecule has 2 N–H and O–H groups in total. The number of carboxylic acids is 1. The summed E-state index contributed by atoms with van der Waals surface area (Å²) in [7, 11) is 1.52. The van der Waals surface area contributed by atoms with E-state index >= 15 is 0 Å². The van der Waals surface area contributed by atoms with Gasteiger partial charge in [0.15, 0.2) is 0 Å². The molecule has 26 heavy (non-hydrogen) atoms. The van der Waals surface area contributed by atoms with Gasteiger partial charge in [-0.2, -0.15) is 0 Å². The maximum Gasteiger partial charge on any atom is 0.407 e. The van der Waals surface area contributed by atoms with Gasteiger partial charge in [-0.25, -0.2) is 9.59 Å². The van der Waals surface area contributed by atoms with Crippen LogP contribution < -0.4 is 10.1 Å². The van der Waals surface area contributed by atoms with E-state index in [1.807, 2.05) is 30.3 Å². The van der Waals surface area contributed by atoms with Gasteiger partial charge in [-0.1, -0.05) is 42.5 Å². The van der Waals surface area contributed by atoms with Crippen LogP contribution in [0.25, 0.3) is 6.08 Å². The number of carbonyl (C=O) groups is 2. The number of rotatable bonds is 8. The van der Waals surface area contributed by atoms with E-state index in [2.05, 4.69) is 5.32 Å². The summed E-state index contributed by atoms with van der Waals surface area (Å²) >= 11 is 0. The van der Waals surface area contributed by atoms with E-state index in [-0.39, 0.29) is 12.2 Å². The van der Waals surface area contributed by atoms with Crippen molar-refractivity contribution in [1.82, 2.24) is 5.32 Å². The van der Waals surface area contributed by atoms with Crippen LogP contribution in [-0.2, 0) is 11.3 Å². The summed E-state index contributed by atoms with van der Waals surface area (Å²) in [6.07, 6.45) is 3.54. The summed E-state index contributed by atoms with van der Waals surface area (Å²) in [4.78, 5) is 22.9. The van der Waals surface area contributed by atoms with Crippen molar-refractivity contribution in [3.63, 3.8) is 0 Å². The van der Waals surface area contributed by atoms with Gasteiger partial charge in [0.1, 0.15) is 12.4 Å². The maximum atomic E-state index is 11.6. The van der Waals surface area contributed by atoms with E-state index in [0.717, 1.165) is 5.56 Å². The number of ether oxygens (including phenoxy) is 2. The van der Waals surface area contributed by atoms with Gasteiger partial charge < -0.3 is 19.9 Å². The predicted octanol–water partition coefficient (Wildman–Crippen LogP) is 3.72. The number of methoxy groups -OCH3 is 1. The molecule has 0 unspecified atom stereocenters. The minimum Gasteiger partial charge on any atom is -0.497 e. The molecular formula is C20H21NO5. The summed E-state index contributed by atoms with van der Waals surface area (Å²) < 4.78 is 10.2. The molecule has 6 nitrogen and oxygen atoms in total. The van der Waals surface area contributed by atoms with Crippen molar-refractivity contribution in [3.8, 4) is 5.75 Å². The van der Waals surface area contributed by atoms with Crippen molar-refractivity contribution in [3.05, 3.63) is 71.3 Å². The molecule has 0 heterocycles. The summed E-state index contributed by atoms with van der Waals surface area (Å²) in [6.45, 7) is 0.602. The molecule has 0 radical (unpaired) electrons. The zero-order valence-corrected chi connectivity index (χ0v) is 14.5. The summed E-state index contributed by atoms with van der Waals surface area (Å²) in [6, 6.07) is 14.2. The predicted molar refractivity (Wildman–Crippen MR) is 98.2 cm³/mol. The first kappa shape index (κ1) is 19.1. The number of nitrogens with one attached hydrogen (secondary N) is 1. The van der Waals surface area contributed by atoms with E-state index < -0.39 is 12.1 Å². The van der Waals surface area contributed by atoms with Crippen LogP contribution in [0.15, 0.2) is 54.6 Å². The Balaban J connectivity index is 1.78. The Morgan fingerprint density at radius 3 is 2.62 bits per heavy atom. The Kier molecular flexibility index (Phi) is 7.24. The van der Waals surface area contributed by atoms with E-state index in [1.54, 1.807) is 24.3 Å². The number of carbonyl (C=O) groups excluding carboxylic acids is 1. The summed E-state index contributed by atoms with van der Waals surface area (Å²) in [5, 5.41) is 11.9. The van der Waals surface area contributed by atoms with Crippen molar-refractivity contribution in [2.75, 3.05) is 13.7 Å². The lowest BCUT2D eigenvalue weighted by atomic mass is 10.1. The SMILES string of the molecule is COc1ccc(C(=O)O)c(C=CCCNC(=O)OCc2ccccc2)c1. The van der Waals surface area contributed by atoms with Gasteiger partial charge in [-0.3, -0.25) is 0 Å². The average molecular weight is 355 g/mol. The molecule has 0 aliphatic carbocycles. The van der Waals surface area contributed by atoms with Crippen molar-refractivity contribution in [2.45, 2.75) is 13.0 Å². The summed E-state index contributed by atoms with van der Waals surface area (Å²) in [5.41, 5.74) is 1.66. The van der Waals surface area contributed by atoms with Gasteiger partial charge in [-0.15, -0.1) is 0 Å². The molecule has 0 saturated carbocycles. The Labute approximate surface area is 152 Å². The lowest BCUT2D eigenvalue weighted by Gasteiger charge is -2.06. The molecule has 0 atom stereocenters.